The highest BCUT2D eigenvalue weighted by Crippen LogP contribution is 2.35. The number of thioether (sulfide) groups is 1. The predicted molar refractivity (Wildman–Crippen MR) is 121 cm³/mol. The van der Waals surface area contributed by atoms with Crippen molar-refractivity contribution in [3.8, 4) is 11.5 Å². The van der Waals surface area contributed by atoms with Gasteiger partial charge in [-0.2, -0.15) is 0 Å². The van der Waals surface area contributed by atoms with Gasteiger partial charge in [-0.15, -0.1) is 0 Å². The molecular weight excluding hydrogens is 414 g/mol. The van der Waals surface area contributed by atoms with Gasteiger partial charge in [0.25, 0.3) is 11.1 Å². The number of nitrogens with zero attached hydrogens (tertiary/aromatic N) is 1. The summed E-state index contributed by atoms with van der Waals surface area (Å²) in [6.07, 6.45) is 2.54. The molecule has 6 nitrogen and oxygen atoms in total. The van der Waals surface area contributed by atoms with Gasteiger partial charge in [0.1, 0.15) is 0 Å². The number of carbonyl (C=O) groups is 3. The third-order valence-corrected chi connectivity index (χ3v) is 5.65. The van der Waals surface area contributed by atoms with Crippen LogP contribution in [0, 0.1) is 0 Å². The third-order valence-electron chi connectivity index (χ3n) is 4.74. The van der Waals surface area contributed by atoms with Crippen molar-refractivity contribution < 1.29 is 23.9 Å². The molecule has 0 bridgehead atoms. The maximum absolute atomic E-state index is 12.8. The highest BCUT2D eigenvalue weighted by Gasteiger charge is 2.36. The average Bonchev–Trinajstić information content (AvgIpc) is 3.03. The lowest BCUT2D eigenvalue weighted by Gasteiger charge is -2.16. The van der Waals surface area contributed by atoms with Crippen molar-refractivity contribution in [2.45, 2.75) is 33.3 Å². The fraction of sp³-hybridized carbons (Fsp3) is 0.292. The summed E-state index contributed by atoms with van der Waals surface area (Å²) in [6, 6.07) is 14.0. The fourth-order valence-corrected chi connectivity index (χ4v) is 3.77. The topological polar surface area (TPSA) is 72.9 Å². The molecule has 0 radical (unpaired) electrons. The Bertz CT molecular complexity index is 1000. The summed E-state index contributed by atoms with van der Waals surface area (Å²) in [7, 11) is 0. The summed E-state index contributed by atoms with van der Waals surface area (Å²) in [5, 5.41) is -0.456. The number of imide groups is 1. The lowest BCUT2D eigenvalue weighted by Crippen LogP contribution is -2.33. The van der Waals surface area contributed by atoms with E-state index in [0.717, 1.165) is 23.1 Å². The van der Waals surface area contributed by atoms with Crippen molar-refractivity contribution in [2.24, 2.45) is 0 Å². The minimum Gasteiger partial charge on any atom is -0.490 e. The van der Waals surface area contributed by atoms with Crippen LogP contribution in [-0.2, 0) is 4.79 Å². The monoisotopic (exact) mass is 439 g/mol. The van der Waals surface area contributed by atoms with Crippen molar-refractivity contribution >= 4 is 34.8 Å². The van der Waals surface area contributed by atoms with Crippen molar-refractivity contribution in [1.29, 1.82) is 0 Å². The molecule has 2 aromatic rings. The quantitative estimate of drug-likeness (QED) is 0.396. The Balaban J connectivity index is 1.78. The molecule has 0 aromatic heterocycles. The van der Waals surface area contributed by atoms with Crippen LogP contribution in [0.15, 0.2) is 53.4 Å². The number of carbonyl (C=O) groups excluding carboxylic acids is 3. The van der Waals surface area contributed by atoms with Gasteiger partial charge in [0, 0.05) is 5.56 Å². The molecule has 1 saturated heterocycles. The summed E-state index contributed by atoms with van der Waals surface area (Å²) in [5.74, 6) is 0.455. The summed E-state index contributed by atoms with van der Waals surface area (Å²) < 4.78 is 11.6. The Hall–Kier alpha value is -3.06. The van der Waals surface area contributed by atoms with E-state index in [1.165, 1.54) is 0 Å². The number of ether oxygens (including phenoxy) is 2. The van der Waals surface area contributed by atoms with Gasteiger partial charge in [-0.25, -0.2) is 0 Å². The van der Waals surface area contributed by atoms with Crippen molar-refractivity contribution in [3.63, 3.8) is 0 Å². The molecule has 2 aromatic carbocycles. The van der Waals surface area contributed by atoms with Gasteiger partial charge >= 0.3 is 0 Å². The average molecular weight is 440 g/mol. The highest BCUT2D eigenvalue weighted by atomic mass is 32.2. The molecule has 1 heterocycles. The summed E-state index contributed by atoms with van der Waals surface area (Å²) in [5.41, 5.74) is 1.17. The first-order valence-corrected chi connectivity index (χ1v) is 11.0. The van der Waals surface area contributed by atoms with E-state index in [1.807, 2.05) is 26.8 Å². The Kier molecular flexibility index (Phi) is 7.52. The standard InChI is InChI=1S/C24H25NO5S/c1-4-16(3)30-20-12-11-17(13-21(20)29-5-2)14-22-23(27)25(24(28)31-22)15-19(26)18-9-7-6-8-10-18/h6-14,16H,4-5,15H2,1-3H3/b22-14+/t16-/m1/s1. The Morgan fingerprint density at radius 2 is 1.84 bits per heavy atom. The number of hydrogen-bond acceptors (Lipinski definition) is 6. The smallest absolute Gasteiger partial charge is 0.293 e. The number of hydrogen-bond donors (Lipinski definition) is 0. The largest absolute Gasteiger partial charge is 0.490 e. The van der Waals surface area contributed by atoms with E-state index in [9.17, 15) is 14.4 Å². The van der Waals surface area contributed by atoms with E-state index in [4.69, 9.17) is 9.47 Å². The first-order chi connectivity index (χ1) is 14.9. The van der Waals surface area contributed by atoms with Gasteiger partial charge in [0.2, 0.25) is 0 Å². The minimum absolute atomic E-state index is 0.0451. The zero-order chi connectivity index (χ0) is 22.4. The maximum Gasteiger partial charge on any atom is 0.293 e. The fourth-order valence-electron chi connectivity index (χ4n) is 2.93. The van der Waals surface area contributed by atoms with Crippen LogP contribution >= 0.6 is 11.8 Å². The van der Waals surface area contributed by atoms with Gasteiger partial charge in [-0.05, 0) is 55.8 Å². The van der Waals surface area contributed by atoms with Crippen LogP contribution in [0.4, 0.5) is 4.79 Å². The highest BCUT2D eigenvalue weighted by molar-refractivity contribution is 8.18. The van der Waals surface area contributed by atoms with E-state index in [0.29, 0.717) is 29.2 Å². The molecule has 31 heavy (non-hydrogen) atoms. The van der Waals surface area contributed by atoms with E-state index >= 15 is 0 Å². The normalized spacial score (nSPS) is 16.0. The molecule has 7 heteroatoms. The molecule has 162 valence electrons. The molecule has 3 rings (SSSR count). The Morgan fingerprint density at radius 3 is 2.52 bits per heavy atom. The molecule has 0 N–H and O–H groups in total. The van der Waals surface area contributed by atoms with Gasteiger partial charge in [0.05, 0.1) is 24.2 Å². The van der Waals surface area contributed by atoms with Gasteiger partial charge in [0.15, 0.2) is 17.3 Å². The molecule has 0 unspecified atom stereocenters. The molecule has 1 fully saturated rings. The van der Waals surface area contributed by atoms with E-state index in [1.54, 1.807) is 48.5 Å². The zero-order valence-corrected chi connectivity index (χ0v) is 18.6. The molecule has 0 spiro atoms. The Labute approximate surface area is 186 Å². The minimum atomic E-state index is -0.475. The SMILES string of the molecule is CCOc1cc(/C=C2/SC(=O)N(CC(=O)c3ccccc3)C2=O)ccc1O[C@H](C)CC. The third kappa shape index (κ3) is 5.55. The molecular formula is C24H25NO5S. The molecule has 1 aliphatic heterocycles. The number of amides is 2. The van der Waals surface area contributed by atoms with Crippen LogP contribution in [0.3, 0.4) is 0 Å². The molecule has 0 saturated carbocycles. The lowest BCUT2D eigenvalue weighted by atomic mass is 10.1. The molecule has 2 amide bonds. The second-order valence-electron chi connectivity index (χ2n) is 7.03. The van der Waals surface area contributed by atoms with Crippen LogP contribution in [0.5, 0.6) is 11.5 Å². The van der Waals surface area contributed by atoms with Crippen LogP contribution in [-0.4, -0.2) is 41.1 Å². The predicted octanol–water partition coefficient (Wildman–Crippen LogP) is 5.18. The molecule has 1 aliphatic rings. The van der Waals surface area contributed by atoms with Crippen LogP contribution in [0.1, 0.15) is 43.1 Å². The van der Waals surface area contributed by atoms with E-state index < -0.39 is 11.1 Å². The zero-order valence-electron chi connectivity index (χ0n) is 17.8. The van der Waals surface area contributed by atoms with Crippen molar-refractivity contribution in [2.75, 3.05) is 13.2 Å². The second-order valence-corrected chi connectivity index (χ2v) is 8.03. The van der Waals surface area contributed by atoms with Gasteiger partial charge in [-0.1, -0.05) is 43.3 Å². The van der Waals surface area contributed by atoms with Crippen molar-refractivity contribution in [1.82, 2.24) is 4.90 Å². The maximum atomic E-state index is 12.8. The van der Waals surface area contributed by atoms with Crippen LogP contribution < -0.4 is 9.47 Å². The van der Waals surface area contributed by atoms with Gasteiger partial charge < -0.3 is 9.47 Å². The van der Waals surface area contributed by atoms with E-state index in [2.05, 4.69) is 0 Å². The van der Waals surface area contributed by atoms with Crippen LogP contribution in [0.25, 0.3) is 6.08 Å². The first kappa shape index (κ1) is 22.6. The van der Waals surface area contributed by atoms with E-state index in [-0.39, 0.29) is 23.3 Å². The summed E-state index contributed by atoms with van der Waals surface area (Å²) in [4.78, 5) is 38.8. The van der Waals surface area contributed by atoms with Gasteiger partial charge in [-0.3, -0.25) is 19.3 Å². The number of ketones is 1. The lowest BCUT2D eigenvalue weighted by molar-refractivity contribution is -0.122. The Morgan fingerprint density at radius 1 is 1.10 bits per heavy atom. The van der Waals surface area contributed by atoms with Crippen molar-refractivity contribution in [3.05, 3.63) is 64.6 Å². The molecule has 1 atom stereocenters. The summed E-state index contributed by atoms with van der Waals surface area (Å²) in [6.45, 7) is 6.10. The number of rotatable bonds is 9. The first-order valence-electron chi connectivity index (χ1n) is 10.2. The number of Topliss-reactive ketones (excluding diaryl/α,β-unsaturated/α-hetero) is 1. The number of benzene rings is 2. The van der Waals surface area contributed by atoms with Crippen LogP contribution in [0.2, 0.25) is 0 Å². The molecule has 0 aliphatic carbocycles. The second kappa shape index (κ2) is 10.3. The summed E-state index contributed by atoms with van der Waals surface area (Å²) >= 11 is 0.826.